The molecule has 1 unspecified atom stereocenters. The van der Waals surface area contributed by atoms with Gasteiger partial charge < -0.3 is 14.8 Å². The van der Waals surface area contributed by atoms with E-state index in [4.69, 9.17) is 9.47 Å². The van der Waals surface area contributed by atoms with E-state index in [1.54, 1.807) is 6.20 Å². The molecule has 0 aliphatic carbocycles. The average molecular weight is 332 g/mol. The molecule has 0 saturated carbocycles. The Morgan fingerprint density at radius 1 is 1.35 bits per heavy atom. The number of hydrogen-bond acceptors (Lipinski definition) is 5. The monoisotopic (exact) mass is 332 g/mol. The van der Waals surface area contributed by atoms with Crippen molar-refractivity contribution in [2.45, 2.75) is 19.6 Å². The van der Waals surface area contributed by atoms with Crippen LogP contribution in [0.25, 0.3) is 0 Å². The quantitative estimate of drug-likeness (QED) is 0.847. The molecule has 1 N–H and O–H groups in total. The Labute approximate surface area is 139 Å². The van der Waals surface area contributed by atoms with Gasteiger partial charge in [-0.05, 0) is 12.0 Å². The van der Waals surface area contributed by atoms with Gasteiger partial charge in [-0.1, -0.05) is 30.3 Å². The van der Waals surface area contributed by atoms with Crippen molar-refractivity contribution in [2.75, 3.05) is 19.8 Å². The van der Waals surface area contributed by atoms with E-state index in [9.17, 15) is 4.79 Å². The summed E-state index contributed by atoms with van der Waals surface area (Å²) in [6, 6.07) is 10.0. The Bertz CT molecular complexity index is 624. The molecule has 2 heterocycles. The molecule has 2 aromatic rings. The number of nitrogens with one attached hydrogen (secondary N) is 1. The summed E-state index contributed by atoms with van der Waals surface area (Å²) in [6.07, 6.45) is 2.72. The summed E-state index contributed by atoms with van der Waals surface area (Å²) in [5.74, 6) is 0.309. The minimum absolute atomic E-state index is 0.115. The SMILES string of the molecule is O=C(NCC1CCOC1)c1ncc(COCc2ccccc2)s1. The highest BCUT2D eigenvalue weighted by Crippen LogP contribution is 2.16. The zero-order chi connectivity index (χ0) is 15.9. The number of carbonyl (C=O) groups is 1. The van der Waals surface area contributed by atoms with Gasteiger partial charge in [-0.15, -0.1) is 11.3 Å². The molecule has 1 amide bonds. The van der Waals surface area contributed by atoms with E-state index < -0.39 is 0 Å². The van der Waals surface area contributed by atoms with Gasteiger partial charge in [0.05, 0.1) is 24.7 Å². The van der Waals surface area contributed by atoms with Crippen molar-refractivity contribution in [3.8, 4) is 0 Å². The second-order valence-corrected chi connectivity index (χ2v) is 6.66. The molecule has 1 saturated heterocycles. The number of benzene rings is 1. The predicted molar refractivity (Wildman–Crippen MR) is 88.3 cm³/mol. The highest BCUT2D eigenvalue weighted by molar-refractivity contribution is 7.13. The van der Waals surface area contributed by atoms with Crippen molar-refractivity contribution in [1.82, 2.24) is 10.3 Å². The minimum atomic E-state index is -0.115. The second kappa shape index (κ2) is 8.19. The largest absolute Gasteiger partial charge is 0.381 e. The first-order valence-electron chi connectivity index (χ1n) is 7.73. The molecule has 5 nitrogen and oxygen atoms in total. The van der Waals surface area contributed by atoms with E-state index in [2.05, 4.69) is 10.3 Å². The van der Waals surface area contributed by atoms with Crippen molar-refractivity contribution in [2.24, 2.45) is 5.92 Å². The van der Waals surface area contributed by atoms with Crippen LogP contribution in [0.3, 0.4) is 0 Å². The zero-order valence-electron chi connectivity index (χ0n) is 12.9. The molecule has 1 aromatic heterocycles. The van der Waals surface area contributed by atoms with Crippen LogP contribution in [0, 0.1) is 5.92 Å². The lowest BCUT2D eigenvalue weighted by Gasteiger charge is -2.07. The Hall–Kier alpha value is -1.76. The maximum Gasteiger partial charge on any atom is 0.280 e. The van der Waals surface area contributed by atoms with Gasteiger partial charge >= 0.3 is 0 Å². The van der Waals surface area contributed by atoms with Crippen LogP contribution in [0.4, 0.5) is 0 Å². The standard InChI is InChI=1S/C17H20N2O3S/c20-16(18-8-14-6-7-21-11-14)17-19-9-15(23-17)12-22-10-13-4-2-1-3-5-13/h1-5,9,14H,6-8,10-12H2,(H,18,20). The summed E-state index contributed by atoms with van der Waals surface area (Å²) in [6.45, 7) is 3.20. The van der Waals surface area contributed by atoms with E-state index in [0.29, 0.717) is 30.7 Å². The van der Waals surface area contributed by atoms with Crippen molar-refractivity contribution in [3.05, 3.63) is 52.0 Å². The molecule has 1 aliphatic heterocycles. The molecular weight excluding hydrogens is 312 g/mol. The number of aromatic nitrogens is 1. The van der Waals surface area contributed by atoms with Crippen LogP contribution in [0.1, 0.15) is 26.7 Å². The molecule has 0 radical (unpaired) electrons. The lowest BCUT2D eigenvalue weighted by Crippen LogP contribution is -2.29. The van der Waals surface area contributed by atoms with Crippen molar-refractivity contribution >= 4 is 17.2 Å². The topological polar surface area (TPSA) is 60.5 Å². The molecule has 1 aromatic carbocycles. The second-order valence-electron chi connectivity index (χ2n) is 5.55. The molecule has 6 heteroatoms. The third kappa shape index (κ3) is 4.86. The van der Waals surface area contributed by atoms with Crippen LogP contribution in [0.15, 0.2) is 36.5 Å². The van der Waals surface area contributed by atoms with Crippen LogP contribution < -0.4 is 5.32 Å². The van der Waals surface area contributed by atoms with Crippen LogP contribution in [0.2, 0.25) is 0 Å². The highest BCUT2D eigenvalue weighted by Gasteiger charge is 2.18. The molecule has 0 bridgehead atoms. The van der Waals surface area contributed by atoms with Crippen LogP contribution in [-0.4, -0.2) is 30.6 Å². The summed E-state index contributed by atoms with van der Waals surface area (Å²) in [5, 5.41) is 3.41. The summed E-state index contributed by atoms with van der Waals surface area (Å²) in [5.41, 5.74) is 1.13. The number of amides is 1. The number of rotatable bonds is 7. The number of nitrogens with zero attached hydrogens (tertiary/aromatic N) is 1. The summed E-state index contributed by atoms with van der Waals surface area (Å²) in [4.78, 5) is 17.2. The summed E-state index contributed by atoms with van der Waals surface area (Å²) < 4.78 is 11.0. The van der Waals surface area contributed by atoms with E-state index >= 15 is 0 Å². The fourth-order valence-corrected chi connectivity index (χ4v) is 3.15. The molecule has 23 heavy (non-hydrogen) atoms. The van der Waals surface area contributed by atoms with E-state index in [1.807, 2.05) is 30.3 Å². The Morgan fingerprint density at radius 3 is 3.00 bits per heavy atom. The Morgan fingerprint density at radius 2 is 2.22 bits per heavy atom. The molecule has 1 fully saturated rings. The van der Waals surface area contributed by atoms with Gasteiger partial charge in [0.2, 0.25) is 0 Å². The molecule has 3 rings (SSSR count). The van der Waals surface area contributed by atoms with Gasteiger partial charge in [0.1, 0.15) is 0 Å². The van der Waals surface area contributed by atoms with Gasteiger partial charge in [-0.2, -0.15) is 0 Å². The number of ether oxygens (including phenoxy) is 2. The van der Waals surface area contributed by atoms with Gasteiger partial charge in [-0.25, -0.2) is 4.98 Å². The first-order valence-corrected chi connectivity index (χ1v) is 8.55. The Balaban J connectivity index is 1.42. The third-order valence-corrected chi connectivity index (χ3v) is 4.65. The molecule has 122 valence electrons. The highest BCUT2D eigenvalue weighted by atomic mass is 32.1. The maximum absolute atomic E-state index is 12.1. The smallest absolute Gasteiger partial charge is 0.280 e. The molecule has 0 spiro atoms. The number of thiazole rings is 1. The van der Waals surface area contributed by atoms with Crippen molar-refractivity contribution in [3.63, 3.8) is 0 Å². The van der Waals surface area contributed by atoms with Gasteiger partial charge in [-0.3, -0.25) is 4.79 Å². The lowest BCUT2D eigenvalue weighted by atomic mass is 10.1. The molecule has 1 atom stereocenters. The van der Waals surface area contributed by atoms with Crippen LogP contribution >= 0.6 is 11.3 Å². The van der Waals surface area contributed by atoms with Gasteiger partial charge in [0, 0.05) is 25.3 Å². The minimum Gasteiger partial charge on any atom is -0.381 e. The Kier molecular flexibility index (Phi) is 5.74. The average Bonchev–Trinajstić information content (AvgIpc) is 3.25. The van der Waals surface area contributed by atoms with E-state index in [0.717, 1.165) is 30.1 Å². The maximum atomic E-state index is 12.1. The molecule has 1 aliphatic rings. The lowest BCUT2D eigenvalue weighted by molar-refractivity contribution is 0.0944. The van der Waals surface area contributed by atoms with E-state index in [1.165, 1.54) is 11.3 Å². The zero-order valence-corrected chi connectivity index (χ0v) is 13.7. The van der Waals surface area contributed by atoms with E-state index in [-0.39, 0.29) is 5.91 Å². The normalized spacial score (nSPS) is 17.3. The van der Waals surface area contributed by atoms with Gasteiger partial charge in [0.25, 0.3) is 5.91 Å². The predicted octanol–water partition coefficient (Wildman–Crippen LogP) is 2.63. The summed E-state index contributed by atoms with van der Waals surface area (Å²) in [7, 11) is 0. The van der Waals surface area contributed by atoms with Crippen molar-refractivity contribution in [1.29, 1.82) is 0 Å². The fraction of sp³-hybridized carbons (Fsp3) is 0.412. The first-order chi connectivity index (χ1) is 11.3. The van der Waals surface area contributed by atoms with Crippen LogP contribution in [0.5, 0.6) is 0 Å². The molecular formula is C17H20N2O3S. The van der Waals surface area contributed by atoms with Gasteiger partial charge in [0.15, 0.2) is 5.01 Å². The number of hydrogen-bond donors (Lipinski definition) is 1. The fourth-order valence-electron chi connectivity index (χ4n) is 2.38. The van der Waals surface area contributed by atoms with Crippen molar-refractivity contribution < 1.29 is 14.3 Å². The first kappa shape index (κ1) is 16.1. The third-order valence-electron chi connectivity index (χ3n) is 3.68. The number of carbonyl (C=O) groups excluding carboxylic acids is 1. The summed E-state index contributed by atoms with van der Waals surface area (Å²) >= 11 is 1.38. The van der Waals surface area contributed by atoms with Crippen LogP contribution in [-0.2, 0) is 22.7 Å².